The number of hydrogen-bond acceptors (Lipinski definition) is 5. The predicted octanol–water partition coefficient (Wildman–Crippen LogP) is 5.73. The molecule has 1 atom stereocenters. The Morgan fingerprint density at radius 1 is 0.794 bits per heavy atom. The minimum atomic E-state index is -4.21. The fourth-order valence-electron chi connectivity index (χ4n) is 3.76. The maximum atomic E-state index is 11.1. The summed E-state index contributed by atoms with van der Waals surface area (Å²) < 4.78 is 44.7. The van der Waals surface area contributed by atoms with Crippen molar-refractivity contribution in [2.45, 2.75) is 58.3 Å². The third-order valence-corrected chi connectivity index (χ3v) is 9.25. The number of ether oxygens (including phenoxy) is 2. The van der Waals surface area contributed by atoms with Gasteiger partial charge in [-0.05, 0) is 48.2 Å². The van der Waals surface area contributed by atoms with Crippen LogP contribution in [0.3, 0.4) is 0 Å². The van der Waals surface area contributed by atoms with E-state index in [0.29, 0.717) is 26.0 Å². The SMILES string of the molecule is CCCCCCCCCc1ccc(OCCOCCP(CCS(=O)(=O)[O-])c2ccccc2)cc1. The molecule has 0 saturated carbocycles. The lowest BCUT2D eigenvalue weighted by Crippen LogP contribution is -2.16. The van der Waals surface area contributed by atoms with Gasteiger partial charge in [-0.3, -0.25) is 0 Å². The predicted molar refractivity (Wildman–Crippen MR) is 142 cm³/mol. The highest BCUT2D eigenvalue weighted by Gasteiger charge is 2.12. The van der Waals surface area contributed by atoms with E-state index in [-0.39, 0.29) is 5.75 Å². The van der Waals surface area contributed by atoms with Gasteiger partial charge in [-0.15, -0.1) is 0 Å². The molecule has 2 rings (SSSR count). The summed E-state index contributed by atoms with van der Waals surface area (Å²) >= 11 is 0. The average Bonchev–Trinajstić information content (AvgIpc) is 2.83. The Balaban J connectivity index is 1.60. The number of rotatable bonds is 19. The van der Waals surface area contributed by atoms with Crippen molar-refractivity contribution in [3.05, 3.63) is 60.2 Å². The van der Waals surface area contributed by atoms with Crippen LogP contribution in [-0.2, 0) is 21.3 Å². The molecule has 2 aromatic carbocycles. The molecule has 0 heterocycles. The van der Waals surface area contributed by atoms with Crippen LogP contribution in [0.2, 0.25) is 0 Å². The third kappa shape index (κ3) is 13.4. The van der Waals surface area contributed by atoms with Crippen LogP contribution in [0.1, 0.15) is 57.4 Å². The van der Waals surface area contributed by atoms with Gasteiger partial charge in [-0.2, -0.15) is 0 Å². The Labute approximate surface area is 207 Å². The van der Waals surface area contributed by atoms with Gasteiger partial charge in [0.25, 0.3) is 0 Å². The van der Waals surface area contributed by atoms with Gasteiger partial charge in [0.2, 0.25) is 0 Å². The number of unbranched alkanes of at least 4 members (excludes halogenated alkanes) is 6. The second-order valence-corrected chi connectivity index (χ2v) is 12.6. The van der Waals surface area contributed by atoms with Crippen LogP contribution in [-0.4, -0.2) is 50.9 Å². The minimum absolute atomic E-state index is 0.328. The van der Waals surface area contributed by atoms with Crippen molar-refractivity contribution < 1.29 is 22.4 Å². The molecule has 2 aromatic rings. The molecule has 0 spiro atoms. The zero-order valence-electron chi connectivity index (χ0n) is 20.5. The van der Waals surface area contributed by atoms with Crippen molar-refractivity contribution >= 4 is 23.3 Å². The van der Waals surface area contributed by atoms with Gasteiger partial charge >= 0.3 is 0 Å². The van der Waals surface area contributed by atoms with Gasteiger partial charge in [0.15, 0.2) is 0 Å². The van der Waals surface area contributed by atoms with Crippen molar-refractivity contribution in [1.82, 2.24) is 0 Å². The second-order valence-electron chi connectivity index (χ2n) is 8.56. The van der Waals surface area contributed by atoms with Gasteiger partial charge in [0.1, 0.15) is 12.4 Å². The number of hydrogen-bond donors (Lipinski definition) is 0. The normalized spacial score (nSPS) is 12.5. The van der Waals surface area contributed by atoms with Gasteiger partial charge in [0, 0.05) is 5.75 Å². The Kier molecular flexibility index (Phi) is 14.4. The van der Waals surface area contributed by atoms with Crippen LogP contribution in [0.5, 0.6) is 5.75 Å². The molecule has 190 valence electrons. The van der Waals surface area contributed by atoms with Crippen molar-refractivity contribution in [3.8, 4) is 5.75 Å². The molecular weight excluding hydrogens is 467 g/mol. The maximum Gasteiger partial charge on any atom is 0.119 e. The standard InChI is InChI=1S/C27H41O5PS/c1-2-3-4-5-6-7-9-12-25-15-17-26(18-16-25)32-20-19-31-21-22-33(23-24-34(28,29)30)27-13-10-8-11-14-27/h8,10-11,13-18H,2-7,9,12,19-24H2,1H3,(H,28,29,30)/p-1. The summed E-state index contributed by atoms with van der Waals surface area (Å²) in [7, 11) is -4.95. The topological polar surface area (TPSA) is 75.7 Å². The summed E-state index contributed by atoms with van der Waals surface area (Å²) in [4.78, 5) is 0. The zero-order chi connectivity index (χ0) is 24.5. The summed E-state index contributed by atoms with van der Waals surface area (Å²) in [6.45, 7) is 3.70. The fraction of sp³-hybridized carbons (Fsp3) is 0.556. The molecule has 7 heteroatoms. The largest absolute Gasteiger partial charge is 0.748 e. The molecule has 0 aliphatic heterocycles. The van der Waals surface area contributed by atoms with Gasteiger partial charge in [-0.1, -0.05) is 95.8 Å². The number of benzene rings is 2. The molecule has 34 heavy (non-hydrogen) atoms. The fourth-order valence-corrected chi connectivity index (χ4v) is 7.22. The van der Waals surface area contributed by atoms with E-state index in [1.165, 1.54) is 50.5 Å². The van der Waals surface area contributed by atoms with Crippen molar-refractivity contribution in [1.29, 1.82) is 0 Å². The van der Waals surface area contributed by atoms with Crippen LogP contribution >= 0.6 is 7.92 Å². The third-order valence-electron chi connectivity index (χ3n) is 5.73. The molecule has 0 amide bonds. The second kappa shape index (κ2) is 17.0. The molecule has 0 N–H and O–H groups in total. The molecular formula is C27H40O5PS-. The highest BCUT2D eigenvalue weighted by Crippen LogP contribution is 2.33. The maximum absolute atomic E-state index is 11.1. The molecule has 5 nitrogen and oxygen atoms in total. The first-order valence-corrected chi connectivity index (χ1v) is 15.8. The first kappa shape index (κ1) is 28.8. The van der Waals surface area contributed by atoms with Gasteiger partial charge in [-0.25, -0.2) is 8.42 Å². The molecule has 0 radical (unpaired) electrons. The lowest BCUT2D eigenvalue weighted by molar-refractivity contribution is 0.111. The lowest BCUT2D eigenvalue weighted by atomic mass is 10.0. The molecule has 0 aliphatic rings. The quantitative estimate of drug-likeness (QED) is 0.138. The van der Waals surface area contributed by atoms with Gasteiger partial charge in [0.05, 0.1) is 23.3 Å². The molecule has 0 bridgehead atoms. The molecule has 0 saturated heterocycles. The Bertz CT molecular complexity index is 872. The van der Waals surface area contributed by atoms with E-state index in [1.54, 1.807) is 0 Å². The molecule has 0 aromatic heterocycles. The molecule has 1 unspecified atom stereocenters. The highest BCUT2D eigenvalue weighted by atomic mass is 32.2. The van der Waals surface area contributed by atoms with Crippen LogP contribution in [0, 0.1) is 0 Å². The van der Waals surface area contributed by atoms with E-state index in [4.69, 9.17) is 9.47 Å². The van der Waals surface area contributed by atoms with Crippen LogP contribution < -0.4 is 10.0 Å². The molecule has 0 aliphatic carbocycles. The van der Waals surface area contributed by atoms with E-state index in [9.17, 15) is 13.0 Å². The van der Waals surface area contributed by atoms with E-state index in [2.05, 4.69) is 19.1 Å². The smallest absolute Gasteiger partial charge is 0.119 e. The highest BCUT2D eigenvalue weighted by molar-refractivity contribution is 7.86. The number of aryl methyl sites for hydroxylation is 1. The van der Waals surface area contributed by atoms with Crippen LogP contribution in [0.4, 0.5) is 0 Å². The average molecular weight is 508 g/mol. The Morgan fingerprint density at radius 3 is 2.15 bits per heavy atom. The summed E-state index contributed by atoms with van der Waals surface area (Å²) in [6.07, 6.45) is 11.5. The summed E-state index contributed by atoms with van der Waals surface area (Å²) in [5, 5.41) is 1.09. The van der Waals surface area contributed by atoms with E-state index >= 15 is 0 Å². The van der Waals surface area contributed by atoms with Gasteiger partial charge < -0.3 is 14.0 Å². The van der Waals surface area contributed by atoms with Crippen LogP contribution in [0.15, 0.2) is 54.6 Å². The first-order chi connectivity index (χ1) is 16.5. The first-order valence-electron chi connectivity index (χ1n) is 12.5. The van der Waals surface area contributed by atoms with Crippen molar-refractivity contribution in [3.63, 3.8) is 0 Å². The van der Waals surface area contributed by atoms with Crippen LogP contribution in [0.25, 0.3) is 0 Å². The molecule has 0 fully saturated rings. The monoisotopic (exact) mass is 507 g/mol. The minimum Gasteiger partial charge on any atom is -0.748 e. The van der Waals surface area contributed by atoms with Crippen molar-refractivity contribution in [2.24, 2.45) is 0 Å². The lowest BCUT2D eigenvalue weighted by Gasteiger charge is -2.19. The van der Waals surface area contributed by atoms with Crippen molar-refractivity contribution in [2.75, 3.05) is 37.9 Å². The summed E-state index contributed by atoms with van der Waals surface area (Å²) in [5.74, 6) is 0.519. The van der Waals surface area contributed by atoms with E-state index in [0.717, 1.165) is 23.6 Å². The van der Waals surface area contributed by atoms with E-state index in [1.807, 2.05) is 42.5 Å². The Hall–Kier alpha value is -1.46. The Morgan fingerprint density at radius 2 is 1.47 bits per heavy atom. The zero-order valence-corrected chi connectivity index (χ0v) is 22.2. The summed E-state index contributed by atoms with van der Waals surface area (Å²) in [6, 6.07) is 18.1. The summed E-state index contributed by atoms with van der Waals surface area (Å²) in [5.41, 5.74) is 1.35. The van der Waals surface area contributed by atoms with E-state index < -0.39 is 18.0 Å².